The van der Waals surface area contributed by atoms with E-state index in [9.17, 15) is 9.59 Å². The zero-order valence-corrected chi connectivity index (χ0v) is 16.2. The molecule has 2 aromatic carbocycles. The van der Waals surface area contributed by atoms with Crippen LogP contribution in [0, 0.1) is 0 Å². The second-order valence-corrected chi connectivity index (χ2v) is 6.70. The van der Waals surface area contributed by atoms with E-state index >= 15 is 0 Å². The minimum absolute atomic E-state index is 0.207. The Labute approximate surface area is 161 Å². The number of ether oxygens (including phenoxy) is 2. The summed E-state index contributed by atoms with van der Waals surface area (Å²) in [5.74, 6) is -0.415. The monoisotopic (exact) mass is 368 g/mol. The van der Waals surface area contributed by atoms with Crippen LogP contribution in [0.25, 0.3) is 0 Å². The first-order chi connectivity index (χ1) is 13.1. The quantitative estimate of drug-likeness (QED) is 0.468. The number of methoxy groups -OCH3 is 2. The molecule has 4 nitrogen and oxygen atoms in total. The Balaban J connectivity index is 1.65. The molecule has 2 aromatic rings. The van der Waals surface area contributed by atoms with Crippen molar-refractivity contribution < 1.29 is 19.1 Å². The van der Waals surface area contributed by atoms with Crippen LogP contribution in [0.3, 0.4) is 0 Å². The van der Waals surface area contributed by atoms with Gasteiger partial charge in [0, 0.05) is 0 Å². The maximum absolute atomic E-state index is 11.3. The number of carbonyl (C=O) groups excluding carboxylic acids is 2. The van der Waals surface area contributed by atoms with Crippen LogP contribution in [-0.2, 0) is 44.7 Å². The summed E-state index contributed by atoms with van der Waals surface area (Å²) in [6.45, 7) is 0. The lowest BCUT2D eigenvalue weighted by atomic mass is 10.0. The highest BCUT2D eigenvalue weighted by atomic mass is 16.5. The van der Waals surface area contributed by atoms with Gasteiger partial charge in [-0.2, -0.15) is 0 Å². The summed E-state index contributed by atoms with van der Waals surface area (Å²) in [5, 5.41) is 0. The van der Waals surface area contributed by atoms with Crippen molar-refractivity contribution in [2.75, 3.05) is 14.2 Å². The van der Waals surface area contributed by atoms with Gasteiger partial charge in [0.05, 0.1) is 27.1 Å². The van der Waals surface area contributed by atoms with Gasteiger partial charge in [-0.3, -0.25) is 9.59 Å². The zero-order valence-electron chi connectivity index (χ0n) is 16.2. The number of aryl methyl sites for hydroxylation is 2. The number of hydrogen-bond donors (Lipinski definition) is 0. The molecule has 2 rings (SSSR count). The molecule has 0 saturated heterocycles. The van der Waals surface area contributed by atoms with Crippen LogP contribution >= 0.6 is 0 Å². The van der Waals surface area contributed by atoms with E-state index in [0.29, 0.717) is 12.8 Å². The third kappa shape index (κ3) is 7.65. The molecule has 0 radical (unpaired) electrons. The highest BCUT2D eigenvalue weighted by Crippen LogP contribution is 2.13. The minimum Gasteiger partial charge on any atom is -0.469 e. The van der Waals surface area contributed by atoms with E-state index in [-0.39, 0.29) is 11.9 Å². The maximum Gasteiger partial charge on any atom is 0.309 e. The lowest BCUT2D eigenvalue weighted by molar-refractivity contribution is -0.140. The average Bonchev–Trinajstić information content (AvgIpc) is 2.70. The average molecular weight is 368 g/mol. The van der Waals surface area contributed by atoms with Crippen LogP contribution < -0.4 is 0 Å². The molecule has 144 valence electrons. The van der Waals surface area contributed by atoms with Crippen LogP contribution in [0.2, 0.25) is 0 Å². The van der Waals surface area contributed by atoms with Crippen LogP contribution in [0.5, 0.6) is 0 Å². The molecular formula is C23H28O4. The molecule has 0 saturated carbocycles. The molecule has 4 heteroatoms. The van der Waals surface area contributed by atoms with Gasteiger partial charge >= 0.3 is 11.9 Å². The molecular weight excluding hydrogens is 340 g/mol. The van der Waals surface area contributed by atoms with Crippen LogP contribution in [0.4, 0.5) is 0 Å². The van der Waals surface area contributed by atoms with E-state index in [0.717, 1.165) is 36.8 Å². The fourth-order valence-corrected chi connectivity index (χ4v) is 2.96. The van der Waals surface area contributed by atoms with E-state index in [4.69, 9.17) is 0 Å². The smallest absolute Gasteiger partial charge is 0.309 e. The van der Waals surface area contributed by atoms with Gasteiger partial charge in [0.1, 0.15) is 0 Å². The van der Waals surface area contributed by atoms with Crippen molar-refractivity contribution in [3.8, 4) is 0 Å². The van der Waals surface area contributed by atoms with Gasteiger partial charge in [-0.25, -0.2) is 0 Å². The van der Waals surface area contributed by atoms with E-state index in [2.05, 4.69) is 33.7 Å². The summed E-state index contributed by atoms with van der Waals surface area (Å²) in [7, 11) is 2.82. The second-order valence-electron chi connectivity index (χ2n) is 6.70. The van der Waals surface area contributed by atoms with E-state index < -0.39 is 0 Å². The summed E-state index contributed by atoms with van der Waals surface area (Å²) in [5.41, 5.74) is 4.58. The normalized spacial score (nSPS) is 10.4. The van der Waals surface area contributed by atoms with Crippen molar-refractivity contribution in [3.63, 3.8) is 0 Å². The Bertz CT molecular complexity index is 654. The Kier molecular flexibility index (Phi) is 8.56. The fourth-order valence-electron chi connectivity index (χ4n) is 2.96. The van der Waals surface area contributed by atoms with Crippen LogP contribution in [-0.4, -0.2) is 26.2 Å². The molecule has 0 spiro atoms. The Morgan fingerprint density at radius 3 is 1.26 bits per heavy atom. The lowest BCUT2D eigenvalue weighted by Gasteiger charge is -2.05. The molecule has 0 aromatic heterocycles. The van der Waals surface area contributed by atoms with Crippen molar-refractivity contribution in [2.24, 2.45) is 0 Å². The molecule has 0 heterocycles. The van der Waals surface area contributed by atoms with E-state index in [1.807, 2.05) is 24.3 Å². The van der Waals surface area contributed by atoms with Gasteiger partial charge in [0.15, 0.2) is 0 Å². The number of esters is 2. The third-order valence-electron chi connectivity index (χ3n) is 4.63. The van der Waals surface area contributed by atoms with Gasteiger partial charge in [0.25, 0.3) is 0 Å². The number of hydrogen-bond acceptors (Lipinski definition) is 4. The molecule has 0 aliphatic heterocycles. The first-order valence-corrected chi connectivity index (χ1v) is 9.40. The highest BCUT2D eigenvalue weighted by molar-refractivity contribution is 5.72. The van der Waals surface area contributed by atoms with Crippen molar-refractivity contribution in [1.82, 2.24) is 0 Å². The predicted molar refractivity (Wildman–Crippen MR) is 106 cm³/mol. The molecule has 0 aliphatic carbocycles. The first-order valence-electron chi connectivity index (χ1n) is 9.40. The number of unbranched alkanes of at least 4 members (excludes halogenated alkanes) is 2. The number of benzene rings is 2. The minimum atomic E-state index is -0.207. The second kappa shape index (κ2) is 11.2. The maximum atomic E-state index is 11.3. The fraction of sp³-hybridized carbons (Fsp3) is 0.391. The summed E-state index contributed by atoms with van der Waals surface area (Å²) in [6.07, 6.45) is 6.24. The SMILES string of the molecule is COC(=O)Cc1ccc(CCCCCc2ccc(CC(=O)OC)cc2)cc1. The van der Waals surface area contributed by atoms with Gasteiger partial charge in [-0.05, 0) is 47.9 Å². The molecule has 0 atom stereocenters. The largest absolute Gasteiger partial charge is 0.469 e. The highest BCUT2D eigenvalue weighted by Gasteiger charge is 2.04. The first kappa shape index (κ1) is 20.7. The molecule has 0 bridgehead atoms. The summed E-state index contributed by atoms with van der Waals surface area (Å²) < 4.78 is 9.36. The summed E-state index contributed by atoms with van der Waals surface area (Å²) in [6, 6.07) is 16.4. The molecule has 0 unspecified atom stereocenters. The van der Waals surface area contributed by atoms with Gasteiger partial charge in [0.2, 0.25) is 0 Å². The molecule has 27 heavy (non-hydrogen) atoms. The van der Waals surface area contributed by atoms with Crippen LogP contribution in [0.15, 0.2) is 48.5 Å². The summed E-state index contributed by atoms with van der Waals surface area (Å²) >= 11 is 0. The molecule has 0 N–H and O–H groups in total. The Morgan fingerprint density at radius 1 is 0.593 bits per heavy atom. The Morgan fingerprint density at radius 2 is 0.926 bits per heavy atom. The standard InChI is InChI=1S/C23H28O4/c1-26-22(24)16-20-12-8-18(9-13-20)6-4-3-5-7-19-10-14-21(15-11-19)17-23(25)27-2/h8-15H,3-7,16-17H2,1-2H3. The molecule has 0 fully saturated rings. The Hall–Kier alpha value is -2.62. The zero-order chi connectivity index (χ0) is 19.5. The topological polar surface area (TPSA) is 52.6 Å². The van der Waals surface area contributed by atoms with Gasteiger partial charge in [-0.1, -0.05) is 55.0 Å². The lowest BCUT2D eigenvalue weighted by Crippen LogP contribution is -2.04. The van der Waals surface area contributed by atoms with E-state index in [1.54, 1.807) is 0 Å². The molecule has 0 amide bonds. The summed E-state index contributed by atoms with van der Waals surface area (Å²) in [4.78, 5) is 22.5. The van der Waals surface area contributed by atoms with Crippen molar-refractivity contribution in [3.05, 3.63) is 70.8 Å². The van der Waals surface area contributed by atoms with Gasteiger partial charge in [-0.15, -0.1) is 0 Å². The third-order valence-corrected chi connectivity index (χ3v) is 4.63. The van der Waals surface area contributed by atoms with Crippen molar-refractivity contribution >= 4 is 11.9 Å². The van der Waals surface area contributed by atoms with Crippen LogP contribution in [0.1, 0.15) is 41.5 Å². The van der Waals surface area contributed by atoms with Crippen molar-refractivity contribution in [2.45, 2.75) is 44.9 Å². The van der Waals surface area contributed by atoms with Crippen molar-refractivity contribution in [1.29, 1.82) is 0 Å². The number of rotatable bonds is 10. The number of carbonyl (C=O) groups is 2. The predicted octanol–water partition coefficient (Wildman–Crippen LogP) is 4.07. The molecule has 0 aliphatic rings. The van der Waals surface area contributed by atoms with E-state index in [1.165, 1.54) is 31.8 Å². The van der Waals surface area contributed by atoms with Gasteiger partial charge < -0.3 is 9.47 Å².